The van der Waals surface area contributed by atoms with Gasteiger partial charge in [-0.05, 0) is 0 Å². The zero-order valence-electron chi connectivity index (χ0n) is 11.0. The number of nitrogens with zero attached hydrogens (tertiary/aromatic N) is 5. The van der Waals surface area contributed by atoms with Crippen LogP contribution >= 0.6 is 0 Å². The monoisotopic (exact) mass is 279 g/mol. The highest BCUT2D eigenvalue weighted by Gasteiger charge is 2.15. The molecule has 0 bridgehead atoms. The van der Waals surface area contributed by atoms with E-state index in [-0.39, 0.29) is 17.6 Å². The molecular formula is C11H13N5O4. The Labute approximate surface area is 113 Å². The summed E-state index contributed by atoms with van der Waals surface area (Å²) >= 11 is 0. The molecule has 1 unspecified atom stereocenters. The number of rotatable bonds is 5. The Bertz CT molecular complexity index is 632. The largest absolute Gasteiger partial charge is 0.469 e. The van der Waals surface area contributed by atoms with Crippen molar-refractivity contribution in [3.8, 4) is 5.69 Å². The van der Waals surface area contributed by atoms with E-state index in [0.29, 0.717) is 12.2 Å². The lowest BCUT2D eigenvalue weighted by molar-refractivity contribution is -0.384. The second-order valence-electron chi connectivity index (χ2n) is 4.24. The first-order valence-corrected chi connectivity index (χ1v) is 5.81. The standard InChI is InChI=1S/C11H13N5O4/c1-8(11(17)20-2)5-14-6-9(3-12-14)15-7-10(4-13-15)16(18)19/h3-4,6-8H,5H2,1-2H3. The maximum Gasteiger partial charge on any atom is 0.310 e. The zero-order valence-corrected chi connectivity index (χ0v) is 11.0. The number of methoxy groups -OCH3 is 1. The molecule has 0 aliphatic carbocycles. The summed E-state index contributed by atoms with van der Waals surface area (Å²) in [6, 6.07) is 0. The van der Waals surface area contributed by atoms with Crippen LogP contribution in [0.1, 0.15) is 6.92 Å². The van der Waals surface area contributed by atoms with Crippen molar-refractivity contribution in [2.75, 3.05) is 7.11 Å². The summed E-state index contributed by atoms with van der Waals surface area (Å²) in [4.78, 5) is 21.4. The van der Waals surface area contributed by atoms with Gasteiger partial charge < -0.3 is 4.74 Å². The summed E-state index contributed by atoms with van der Waals surface area (Å²) in [5.74, 6) is -0.656. The van der Waals surface area contributed by atoms with Crippen LogP contribution in [0.4, 0.5) is 5.69 Å². The molecule has 2 heterocycles. The Kier molecular flexibility index (Phi) is 3.78. The number of carbonyl (C=O) groups is 1. The predicted molar refractivity (Wildman–Crippen MR) is 67.2 cm³/mol. The topological polar surface area (TPSA) is 105 Å². The second kappa shape index (κ2) is 5.51. The van der Waals surface area contributed by atoms with Crippen LogP contribution < -0.4 is 0 Å². The van der Waals surface area contributed by atoms with Crippen LogP contribution in [-0.4, -0.2) is 37.6 Å². The van der Waals surface area contributed by atoms with Crippen LogP contribution in [0.5, 0.6) is 0 Å². The van der Waals surface area contributed by atoms with Gasteiger partial charge in [0.1, 0.15) is 18.1 Å². The van der Waals surface area contributed by atoms with Crippen molar-refractivity contribution in [2.45, 2.75) is 13.5 Å². The third-order valence-electron chi connectivity index (χ3n) is 2.73. The summed E-state index contributed by atoms with van der Waals surface area (Å²) in [5, 5.41) is 18.5. The smallest absolute Gasteiger partial charge is 0.310 e. The maximum absolute atomic E-state index is 11.3. The molecule has 0 saturated carbocycles. The van der Waals surface area contributed by atoms with Crippen molar-refractivity contribution in [3.63, 3.8) is 0 Å². The lowest BCUT2D eigenvalue weighted by Gasteiger charge is -2.08. The first-order valence-electron chi connectivity index (χ1n) is 5.81. The van der Waals surface area contributed by atoms with Crippen molar-refractivity contribution >= 4 is 11.7 Å². The first-order chi connectivity index (χ1) is 9.51. The summed E-state index contributed by atoms with van der Waals surface area (Å²) in [6.07, 6.45) is 5.62. The number of hydrogen-bond acceptors (Lipinski definition) is 6. The summed E-state index contributed by atoms with van der Waals surface area (Å²) in [7, 11) is 1.33. The highest BCUT2D eigenvalue weighted by molar-refractivity contribution is 5.71. The van der Waals surface area contributed by atoms with Gasteiger partial charge in [0.05, 0.1) is 36.9 Å². The Morgan fingerprint density at radius 1 is 1.45 bits per heavy atom. The molecule has 0 aliphatic heterocycles. The second-order valence-corrected chi connectivity index (χ2v) is 4.24. The molecule has 0 fully saturated rings. The van der Waals surface area contributed by atoms with Gasteiger partial charge in [0.25, 0.3) is 0 Å². The van der Waals surface area contributed by atoms with Crippen molar-refractivity contribution in [1.29, 1.82) is 0 Å². The molecule has 9 heteroatoms. The Morgan fingerprint density at radius 2 is 2.20 bits per heavy atom. The molecule has 0 saturated heterocycles. The van der Waals surface area contributed by atoms with E-state index in [1.54, 1.807) is 17.8 Å². The van der Waals surface area contributed by atoms with Crippen LogP contribution in [0.25, 0.3) is 5.69 Å². The van der Waals surface area contributed by atoms with Crippen molar-refractivity contribution in [1.82, 2.24) is 19.6 Å². The maximum atomic E-state index is 11.3. The highest BCUT2D eigenvalue weighted by Crippen LogP contribution is 2.13. The number of carbonyl (C=O) groups excluding carboxylic acids is 1. The van der Waals surface area contributed by atoms with E-state index in [1.807, 2.05) is 0 Å². The van der Waals surface area contributed by atoms with Gasteiger partial charge in [-0.2, -0.15) is 10.2 Å². The lowest BCUT2D eigenvalue weighted by atomic mass is 10.2. The van der Waals surface area contributed by atoms with E-state index in [2.05, 4.69) is 14.9 Å². The number of esters is 1. The predicted octanol–water partition coefficient (Wildman–Crippen LogP) is 0.786. The van der Waals surface area contributed by atoms with Gasteiger partial charge in [-0.25, -0.2) is 4.68 Å². The summed E-state index contributed by atoms with van der Waals surface area (Å²) < 4.78 is 7.54. The molecular weight excluding hydrogens is 266 g/mol. The van der Waals surface area contributed by atoms with Crippen molar-refractivity contribution < 1.29 is 14.5 Å². The molecule has 0 aromatic carbocycles. The van der Waals surface area contributed by atoms with Crippen molar-refractivity contribution in [2.24, 2.45) is 5.92 Å². The van der Waals surface area contributed by atoms with Crippen LogP contribution in [0.3, 0.4) is 0 Å². The number of nitro groups is 1. The molecule has 0 spiro atoms. The normalized spacial score (nSPS) is 12.1. The molecule has 0 N–H and O–H groups in total. The minimum Gasteiger partial charge on any atom is -0.469 e. The molecule has 2 aromatic heterocycles. The minimum absolute atomic E-state index is 0.0966. The van der Waals surface area contributed by atoms with E-state index in [1.165, 1.54) is 24.2 Å². The highest BCUT2D eigenvalue weighted by atomic mass is 16.6. The third kappa shape index (κ3) is 2.82. The molecule has 2 aromatic rings. The van der Waals surface area contributed by atoms with Gasteiger partial charge >= 0.3 is 11.7 Å². The van der Waals surface area contributed by atoms with Crippen LogP contribution in [-0.2, 0) is 16.1 Å². The molecule has 2 rings (SSSR count). The first kappa shape index (κ1) is 13.7. The Hall–Kier alpha value is -2.71. The number of hydrogen-bond donors (Lipinski definition) is 0. The van der Waals surface area contributed by atoms with Crippen LogP contribution in [0, 0.1) is 16.0 Å². The molecule has 20 heavy (non-hydrogen) atoms. The fraction of sp³-hybridized carbons (Fsp3) is 0.364. The van der Waals surface area contributed by atoms with Crippen LogP contribution in [0.15, 0.2) is 24.8 Å². The molecule has 0 amide bonds. The quantitative estimate of drug-likeness (QED) is 0.455. The summed E-state index contributed by atoms with van der Waals surface area (Å²) in [5.41, 5.74) is 0.482. The zero-order chi connectivity index (χ0) is 14.7. The SMILES string of the molecule is COC(=O)C(C)Cn1cc(-n2cc([N+](=O)[O-])cn2)cn1. The lowest BCUT2D eigenvalue weighted by Crippen LogP contribution is -2.18. The molecule has 1 atom stereocenters. The van der Waals surface area contributed by atoms with E-state index >= 15 is 0 Å². The van der Waals surface area contributed by atoms with Crippen LogP contribution in [0.2, 0.25) is 0 Å². The Morgan fingerprint density at radius 3 is 2.80 bits per heavy atom. The number of ether oxygens (including phenoxy) is 1. The molecule has 0 aliphatic rings. The van der Waals surface area contributed by atoms with Gasteiger partial charge in [-0.1, -0.05) is 6.92 Å². The third-order valence-corrected chi connectivity index (χ3v) is 2.73. The van der Waals surface area contributed by atoms with Gasteiger partial charge in [-0.15, -0.1) is 0 Å². The summed E-state index contributed by atoms with van der Waals surface area (Å²) in [6.45, 7) is 2.09. The fourth-order valence-corrected chi connectivity index (χ4v) is 1.68. The van der Waals surface area contributed by atoms with Gasteiger partial charge in [-0.3, -0.25) is 19.6 Å². The van der Waals surface area contributed by atoms with Crippen molar-refractivity contribution in [3.05, 3.63) is 34.9 Å². The van der Waals surface area contributed by atoms with E-state index in [4.69, 9.17) is 0 Å². The number of aromatic nitrogens is 4. The van der Waals surface area contributed by atoms with Gasteiger partial charge in [0.15, 0.2) is 0 Å². The van der Waals surface area contributed by atoms with E-state index in [9.17, 15) is 14.9 Å². The molecule has 9 nitrogen and oxygen atoms in total. The van der Waals surface area contributed by atoms with Gasteiger partial charge in [0, 0.05) is 0 Å². The average molecular weight is 279 g/mol. The molecule has 0 radical (unpaired) electrons. The average Bonchev–Trinajstić information content (AvgIpc) is 3.05. The van der Waals surface area contributed by atoms with E-state index in [0.717, 1.165) is 6.20 Å². The Balaban J connectivity index is 2.12. The molecule has 106 valence electrons. The minimum atomic E-state index is -0.521. The van der Waals surface area contributed by atoms with Gasteiger partial charge in [0.2, 0.25) is 0 Å². The fourth-order valence-electron chi connectivity index (χ4n) is 1.68. The van der Waals surface area contributed by atoms with E-state index < -0.39 is 4.92 Å².